The van der Waals surface area contributed by atoms with Gasteiger partial charge in [0, 0.05) is 23.2 Å². The van der Waals surface area contributed by atoms with Gasteiger partial charge < -0.3 is 9.47 Å². The van der Waals surface area contributed by atoms with Crippen LogP contribution in [0.25, 0.3) is 0 Å². The Morgan fingerprint density at radius 1 is 1.21 bits per heavy atom. The minimum Gasteiger partial charge on any atom is -0.464 e. The lowest BCUT2D eigenvalue weighted by Crippen LogP contribution is -2.54. The van der Waals surface area contributed by atoms with E-state index in [1.807, 2.05) is 37.3 Å². The van der Waals surface area contributed by atoms with Crippen LogP contribution in [0.4, 0.5) is 0 Å². The Bertz CT molecular complexity index is 509. The molecule has 3 unspecified atom stereocenters. The quantitative estimate of drug-likeness (QED) is 0.328. The average Bonchev–Trinajstić information content (AvgIpc) is 2.56. The van der Waals surface area contributed by atoms with Crippen molar-refractivity contribution in [1.29, 1.82) is 0 Å². The largest absolute Gasteiger partial charge is 0.464 e. The molecule has 0 saturated heterocycles. The fourth-order valence-electron chi connectivity index (χ4n) is 2.76. The average molecular weight is 371 g/mol. The standard InChI is InChI=1S/C18H27O4PS/c1-5-21-17(19)18(13-23-20,22-6-2)16(14(3)4)12-24-15-10-8-7-9-11-15/h7-11,14,16H,5-6,12-13H2,1-4H3/p+1. The molecule has 0 amide bonds. The summed E-state index contributed by atoms with van der Waals surface area (Å²) in [6.45, 7) is 8.42. The molecule has 0 aliphatic heterocycles. The van der Waals surface area contributed by atoms with Crippen LogP contribution in [0.2, 0.25) is 0 Å². The molecule has 3 atom stereocenters. The molecule has 1 aromatic carbocycles. The lowest BCUT2D eigenvalue weighted by molar-refractivity contribution is -0.177. The second kappa shape index (κ2) is 10.9. The summed E-state index contributed by atoms with van der Waals surface area (Å²) in [4.78, 5) is 13.9. The highest BCUT2D eigenvalue weighted by Crippen LogP contribution is 2.37. The van der Waals surface area contributed by atoms with Crippen LogP contribution in [-0.2, 0) is 18.8 Å². The summed E-state index contributed by atoms with van der Waals surface area (Å²) in [5.41, 5.74) is -1.15. The fraction of sp³-hybridized carbons (Fsp3) is 0.611. The number of rotatable bonds is 11. The first kappa shape index (κ1) is 21.1. The van der Waals surface area contributed by atoms with Crippen LogP contribution < -0.4 is 0 Å². The molecule has 0 fully saturated rings. The lowest BCUT2D eigenvalue weighted by Gasteiger charge is -2.37. The molecule has 0 aliphatic rings. The van der Waals surface area contributed by atoms with E-state index in [0.717, 1.165) is 4.90 Å². The Labute approximate surface area is 150 Å². The number of ether oxygens (including phenoxy) is 2. The number of hydrogen-bond donors (Lipinski definition) is 0. The molecule has 1 rings (SSSR count). The van der Waals surface area contributed by atoms with E-state index in [2.05, 4.69) is 13.8 Å². The molecule has 0 heterocycles. The summed E-state index contributed by atoms with van der Waals surface area (Å²) >= 11 is 1.68. The Morgan fingerprint density at radius 2 is 1.88 bits per heavy atom. The highest BCUT2D eigenvalue weighted by atomic mass is 32.2. The summed E-state index contributed by atoms with van der Waals surface area (Å²) in [7, 11) is -0.612. The number of benzene rings is 1. The molecule has 0 aromatic heterocycles. The third-order valence-electron chi connectivity index (χ3n) is 3.93. The Morgan fingerprint density at radius 3 is 2.38 bits per heavy atom. The van der Waals surface area contributed by atoms with Crippen molar-refractivity contribution in [1.82, 2.24) is 0 Å². The van der Waals surface area contributed by atoms with Crippen molar-refractivity contribution in [3.8, 4) is 0 Å². The van der Waals surface area contributed by atoms with E-state index >= 15 is 0 Å². The van der Waals surface area contributed by atoms with Crippen LogP contribution in [0.3, 0.4) is 0 Å². The maximum absolute atomic E-state index is 12.7. The third-order valence-corrected chi connectivity index (χ3v) is 5.73. The van der Waals surface area contributed by atoms with Gasteiger partial charge in [0.25, 0.3) is 0 Å². The van der Waals surface area contributed by atoms with Gasteiger partial charge in [0.2, 0.25) is 5.60 Å². The zero-order valence-corrected chi connectivity index (χ0v) is 16.7. The number of carbonyl (C=O) groups is 1. The molecular formula is C18H28O4PS+. The molecule has 0 saturated carbocycles. The van der Waals surface area contributed by atoms with E-state index in [4.69, 9.17) is 9.47 Å². The summed E-state index contributed by atoms with van der Waals surface area (Å²) in [5, 5.41) is 0. The minimum absolute atomic E-state index is 0.0943. The van der Waals surface area contributed by atoms with Gasteiger partial charge in [-0.1, -0.05) is 36.6 Å². The van der Waals surface area contributed by atoms with Crippen LogP contribution in [0, 0.1) is 11.8 Å². The first-order chi connectivity index (χ1) is 11.5. The molecule has 0 N–H and O–H groups in total. The molecule has 0 radical (unpaired) electrons. The summed E-state index contributed by atoms with van der Waals surface area (Å²) in [6, 6.07) is 10.1. The van der Waals surface area contributed by atoms with Crippen LogP contribution in [0.15, 0.2) is 35.2 Å². The number of thioether (sulfide) groups is 1. The predicted molar refractivity (Wildman–Crippen MR) is 100 cm³/mol. The van der Waals surface area contributed by atoms with Crippen molar-refractivity contribution in [2.24, 2.45) is 11.8 Å². The van der Waals surface area contributed by atoms with Crippen molar-refractivity contribution >= 4 is 26.2 Å². The maximum Gasteiger partial charge on any atom is 0.343 e. The van der Waals surface area contributed by atoms with Gasteiger partial charge in [-0.3, -0.25) is 0 Å². The van der Waals surface area contributed by atoms with Crippen LogP contribution in [0.1, 0.15) is 27.7 Å². The van der Waals surface area contributed by atoms with E-state index in [9.17, 15) is 9.36 Å². The summed E-state index contributed by atoms with van der Waals surface area (Å²) in [6.07, 6.45) is 0.165. The Kier molecular flexibility index (Phi) is 9.57. The number of carbonyl (C=O) groups excluding carboxylic acids is 1. The SMILES string of the molecule is CCOC(=O)C(C[PH+]=O)(OCC)C(CSc1ccccc1)C(C)C. The first-order valence-corrected chi connectivity index (χ1v) is 10.5. The van der Waals surface area contributed by atoms with Crippen molar-refractivity contribution in [2.75, 3.05) is 25.1 Å². The van der Waals surface area contributed by atoms with Crippen LogP contribution in [0.5, 0.6) is 0 Å². The maximum atomic E-state index is 12.7. The second-order valence-electron chi connectivity index (χ2n) is 5.84. The van der Waals surface area contributed by atoms with Gasteiger partial charge in [0.15, 0.2) is 6.16 Å². The predicted octanol–water partition coefficient (Wildman–Crippen LogP) is 4.41. The summed E-state index contributed by atoms with van der Waals surface area (Å²) in [5.74, 6) is 0.393. The molecule has 1 aromatic rings. The van der Waals surface area contributed by atoms with E-state index < -0.39 is 20.0 Å². The Hall–Kier alpha value is -0.900. The highest BCUT2D eigenvalue weighted by Gasteiger charge is 2.52. The molecule has 0 spiro atoms. The van der Waals surface area contributed by atoms with Gasteiger partial charge in [-0.15, -0.1) is 11.8 Å². The minimum atomic E-state index is -1.15. The van der Waals surface area contributed by atoms with E-state index in [0.29, 0.717) is 12.4 Å². The molecular weight excluding hydrogens is 343 g/mol. The lowest BCUT2D eigenvalue weighted by atomic mass is 9.81. The van der Waals surface area contributed by atoms with E-state index in [1.54, 1.807) is 18.7 Å². The van der Waals surface area contributed by atoms with Gasteiger partial charge in [-0.2, -0.15) is 0 Å². The van der Waals surface area contributed by atoms with Crippen molar-refractivity contribution in [2.45, 2.75) is 38.2 Å². The zero-order chi connectivity index (χ0) is 18.0. The van der Waals surface area contributed by atoms with Gasteiger partial charge in [-0.05, 0) is 31.9 Å². The highest BCUT2D eigenvalue weighted by molar-refractivity contribution is 7.99. The van der Waals surface area contributed by atoms with Crippen molar-refractivity contribution in [3.63, 3.8) is 0 Å². The fourth-order valence-corrected chi connectivity index (χ4v) is 4.86. The number of esters is 1. The molecule has 6 heteroatoms. The summed E-state index contributed by atoms with van der Waals surface area (Å²) < 4.78 is 22.7. The normalized spacial score (nSPS) is 15.2. The third kappa shape index (κ3) is 5.58. The van der Waals surface area contributed by atoms with E-state index in [-0.39, 0.29) is 24.6 Å². The first-order valence-electron chi connectivity index (χ1n) is 8.35. The smallest absolute Gasteiger partial charge is 0.343 e. The van der Waals surface area contributed by atoms with Gasteiger partial charge in [0.05, 0.1) is 6.61 Å². The van der Waals surface area contributed by atoms with Gasteiger partial charge >= 0.3 is 14.4 Å². The van der Waals surface area contributed by atoms with Crippen molar-refractivity contribution in [3.05, 3.63) is 30.3 Å². The van der Waals surface area contributed by atoms with Crippen LogP contribution in [-0.4, -0.2) is 36.7 Å². The van der Waals surface area contributed by atoms with Gasteiger partial charge in [-0.25, -0.2) is 4.79 Å². The monoisotopic (exact) mass is 371 g/mol. The van der Waals surface area contributed by atoms with Gasteiger partial charge in [0.1, 0.15) is 0 Å². The molecule has 134 valence electrons. The van der Waals surface area contributed by atoms with Crippen molar-refractivity contribution < 1.29 is 18.8 Å². The molecule has 0 bridgehead atoms. The Balaban J connectivity index is 3.10. The molecule has 24 heavy (non-hydrogen) atoms. The van der Waals surface area contributed by atoms with E-state index in [1.165, 1.54) is 0 Å². The topological polar surface area (TPSA) is 52.6 Å². The van der Waals surface area contributed by atoms with Crippen LogP contribution >= 0.6 is 20.2 Å². The second-order valence-corrected chi connectivity index (χ2v) is 7.57. The molecule has 0 aliphatic carbocycles. The number of hydrogen-bond acceptors (Lipinski definition) is 5. The molecule has 4 nitrogen and oxygen atoms in total. The zero-order valence-electron chi connectivity index (χ0n) is 14.9.